The van der Waals surface area contributed by atoms with Gasteiger partial charge in [-0.1, -0.05) is 18.2 Å². The number of aliphatic carboxylic acids is 1. The van der Waals surface area contributed by atoms with E-state index in [0.717, 1.165) is 17.2 Å². The van der Waals surface area contributed by atoms with E-state index in [1.165, 1.54) is 0 Å². The van der Waals surface area contributed by atoms with Gasteiger partial charge in [0.05, 0.1) is 5.71 Å². The molecule has 0 saturated carbocycles. The minimum absolute atomic E-state index is 0.121. The molecule has 1 spiro atoms. The van der Waals surface area contributed by atoms with Crippen LogP contribution < -0.4 is 14.8 Å². The van der Waals surface area contributed by atoms with Crippen LogP contribution >= 0.6 is 0 Å². The summed E-state index contributed by atoms with van der Waals surface area (Å²) < 4.78 is 10.7. The van der Waals surface area contributed by atoms with Crippen molar-refractivity contribution in [3.8, 4) is 11.5 Å². The number of hydrogen-bond acceptors (Lipinski definition) is 6. The third kappa shape index (κ3) is 2.55. The van der Waals surface area contributed by atoms with Gasteiger partial charge in [0.1, 0.15) is 0 Å². The number of amides is 2. The number of hydrazone groups is 1. The fraction of sp³-hybridized carbons (Fsp3) is 0.143. The van der Waals surface area contributed by atoms with Gasteiger partial charge in [-0.2, -0.15) is 5.10 Å². The molecule has 0 unspecified atom stereocenters. The SMILES string of the molecule is O=C(O)/C=C/C(=O)N1N=C(c2ccc3c(c2)OCO3)C[C@]12C(=O)Nc1ccccc12. The van der Waals surface area contributed by atoms with E-state index >= 15 is 0 Å². The summed E-state index contributed by atoms with van der Waals surface area (Å²) >= 11 is 0. The van der Waals surface area contributed by atoms with Crippen LogP contribution in [0.3, 0.4) is 0 Å². The van der Waals surface area contributed by atoms with Crippen LogP contribution in [0.1, 0.15) is 17.5 Å². The molecule has 3 heterocycles. The first-order valence-electron chi connectivity index (χ1n) is 9.13. The molecular formula is C21H15N3O6. The van der Waals surface area contributed by atoms with Gasteiger partial charge in [0, 0.05) is 35.4 Å². The summed E-state index contributed by atoms with van der Waals surface area (Å²) in [6.45, 7) is 0.121. The Bertz CT molecular complexity index is 1170. The average molecular weight is 405 g/mol. The summed E-state index contributed by atoms with van der Waals surface area (Å²) in [6, 6.07) is 12.3. The maximum Gasteiger partial charge on any atom is 0.328 e. The van der Waals surface area contributed by atoms with Crippen molar-refractivity contribution in [2.75, 3.05) is 12.1 Å². The van der Waals surface area contributed by atoms with Crippen LogP contribution in [0, 0.1) is 0 Å². The van der Waals surface area contributed by atoms with Crippen molar-refractivity contribution in [3.05, 3.63) is 65.7 Å². The Kier molecular flexibility index (Phi) is 3.85. The number of rotatable bonds is 3. The van der Waals surface area contributed by atoms with Crippen LogP contribution in [-0.2, 0) is 19.9 Å². The molecule has 0 saturated heterocycles. The molecule has 9 heteroatoms. The van der Waals surface area contributed by atoms with Crippen molar-refractivity contribution >= 4 is 29.2 Å². The van der Waals surface area contributed by atoms with Crippen LogP contribution in [-0.4, -0.2) is 40.4 Å². The van der Waals surface area contributed by atoms with Gasteiger partial charge in [0.25, 0.3) is 11.8 Å². The molecule has 150 valence electrons. The highest BCUT2D eigenvalue weighted by atomic mass is 16.7. The highest BCUT2D eigenvalue weighted by molar-refractivity contribution is 6.16. The molecule has 0 radical (unpaired) electrons. The number of fused-ring (bicyclic) bond motifs is 3. The van der Waals surface area contributed by atoms with Crippen LogP contribution in [0.4, 0.5) is 5.69 Å². The van der Waals surface area contributed by atoms with Gasteiger partial charge in [-0.05, 0) is 24.3 Å². The number of nitrogens with zero attached hydrogens (tertiary/aromatic N) is 2. The lowest BCUT2D eigenvalue weighted by atomic mass is 9.85. The molecule has 2 aromatic rings. The number of carbonyl (C=O) groups excluding carboxylic acids is 2. The molecule has 3 aliphatic heterocycles. The maximum atomic E-state index is 13.1. The van der Waals surface area contributed by atoms with Crippen LogP contribution in [0.15, 0.2) is 59.7 Å². The zero-order valence-electron chi connectivity index (χ0n) is 15.5. The Morgan fingerprint density at radius 3 is 2.77 bits per heavy atom. The lowest BCUT2D eigenvalue weighted by molar-refractivity contribution is -0.140. The smallest absolute Gasteiger partial charge is 0.328 e. The lowest BCUT2D eigenvalue weighted by Gasteiger charge is -2.29. The van der Waals surface area contributed by atoms with E-state index in [4.69, 9.17) is 14.6 Å². The molecule has 2 N–H and O–H groups in total. The van der Waals surface area contributed by atoms with E-state index in [2.05, 4.69) is 10.4 Å². The fourth-order valence-electron chi connectivity index (χ4n) is 3.93. The highest BCUT2D eigenvalue weighted by Gasteiger charge is 2.57. The summed E-state index contributed by atoms with van der Waals surface area (Å²) in [4.78, 5) is 36.9. The van der Waals surface area contributed by atoms with Gasteiger partial charge in [0.15, 0.2) is 17.0 Å². The quantitative estimate of drug-likeness (QED) is 0.753. The van der Waals surface area contributed by atoms with Gasteiger partial charge < -0.3 is 19.9 Å². The van der Waals surface area contributed by atoms with Crippen LogP contribution in [0.5, 0.6) is 11.5 Å². The Hall–Kier alpha value is -4.14. The Balaban J connectivity index is 1.62. The Morgan fingerprint density at radius 2 is 1.93 bits per heavy atom. The largest absolute Gasteiger partial charge is 0.478 e. The predicted octanol–water partition coefficient (Wildman–Crippen LogP) is 1.84. The summed E-state index contributed by atoms with van der Waals surface area (Å²) in [5.74, 6) is -1.22. The van der Waals surface area contributed by atoms with E-state index in [-0.39, 0.29) is 13.2 Å². The second kappa shape index (κ2) is 6.45. The van der Waals surface area contributed by atoms with Gasteiger partial charge in [-0.3, -0.25) is 9.59 Å². The lowest BCUT2D eigenvalue weighted by Crippen LogP contribution is -2.48. The third-order valence-corrected chi connectivity index (χ3v) is 5.29. The van der Waals surface area contributed by atoms with E-state index in [1.54, 1.807) is 42.5 Å². The molecule has 1 atom stereocenters. The molecule has 0 aliphatic carbocycles. The minimum atomic E-state index is -1.40. The standard InChI is InChI=1S/C21H15N3O6/c25-18(7-8-19(26)27)24-21(13-3-1-2-4-14(13)22-20(21)28)10-15(23-24)12-5-6-16-17(9-12)30-11-29-16/h1-9H,10-11H2,(H,22,28)(H,26,27)/b8-7+/t21-/m0/s1. The number of carbonyl (C=O) groups is 3. The van der Waals surface area contributed by atoms with Crippen molar-refractivity contribution in [1.82, 2.24) is 5.01 Å². The van der Waals surface area contributed by atoms with Crippen LogP contribution in [0.25, 0.3) is 0 Å². The number of benzene rings is 2. The normalized spacial score (nSPS) is 21.1. The summed E-state index contributed by atoms with van der Waals surface area (Å²) in [7, 11) is 0. The molecule has 2 aromatic carbocycles. The van der Waals surface area contributed by atoms with E-state index in [9.17, 15) is 14.4 Å². The highest BCUT2D eigenvalue weighted by Crippen LogP contribution is 2.47. The van der Waals surface area contributed by atoms with Gasteiger partial charge in [0.2, 0.25) is 6.79 Å². The molecule has 3 aliphatic rings. The molecule has 0 aromatic heterocycles. The topological polar surface area (TPSA) is 118 Å². The number of nitrogens with one attached hydrogen (secondary N) is 1. The summed E-state index contributed by atoms with van der Waals surface area (Å²) in [5.41, 5.74) is 0.962. The zero-order chi connectivity index (χ0) is 20.9. The fourth-order valence-corrected chi connectivity index (χ4v) is 3.93. The number of carboxylic acid groups (broad SMARTS) is 1. The van der Waals surface area contributed by atoms with Crippen molar-refractivity contribution in [1.29, 1.82) is 0 Å². The van der Waals surface area contributed by atoms with Crippen molar-refractivity contribution in [2.24, 2.45) is 5.10 Å². The van der Waals surface area contributed by atoms with Gasteiger partial charge in [-0.15, -0.1) is 0 Å². The first-order valence-corrected chi connectivity index (χ1v) is 9.13. The first-order chi connectivity index (χ1) is 14.5. The third-order valence-electron chi connectivity index (χ3n) is 5.29. The Labute approximate surface area is 170 Å². The molecule has 0 fully saturated rings. The number of hydrogen-bond donors (Lipinski definition) is 2. The minimum Gasteiger partial charge on any atom is -0.478 e. The van der Waals surface area contributed by atoms with Crippen molar-refractivity contribution in [3.63, 3.8) is 0 Å². The second-order valence-corrected chi connectivity index (χ2v) is 6.97. The van der Waals surface area contributed by atoms with Crippen LogP contribution in [0.2, 0.25) is 0 Å². The average Bonchev–Trinajstić information content (AvgIpc) is 3.43. The molecule has 30 heavy (non-hydrogen) atoms. The van der Waals surface area contributed by atoms with Gasteiger partial charge >= 0.3 is 5.97 Å². The molecule has 0 bridgehead atoms. The number of ether oxygens (including phenoxy) is 2. The molecule has 9 nitrogen and oxygen atoms in total. The first kappa shape index (κ1) is 17.9. The van der Waals surface area contributed by atoms with E-state index in [0.29, 0.717) is 34.0 Å². The molecule has 2 amide bonds. The molecule has 5 rings (SSSR count). The molecular weight excluding hydrogens is 390 g/mol. The van der Waals surface area contributed by atoms with Gasteiger partial charge in [-0.25, -0.2) is 9.80 Å². The van der Waals surface area contributed by atoms with E-state index in [1.807, 2.05) is 0 Å². The number of para-hydroxylation sites is 1. The Morgan fingerprint density at radius 1 is 1.13 bits per heavy atom. The predicted molar refractivity (Wildman–Crippen MR) is 104 cm³/mol. The van der Waals surface area contributed by atoms with Crippen molar-refractivity contribution < 1.29 is 29.0 Å². The zero-order valence-corrected chi connectivity index (χ0v) is 15.5. The number of carboxylic acids is 1. The monoisotopic (exact) mass is 405 g/mol. The summed E-state index contributed by atoms with van der Waals surface area (Å²) in [6.07, 6.45) is 1.75. The van der Waals surface area contributed by atoms with Crippen molar-refractivity contribution in [2.45, 2.75) is 12.0 Å². The summed E-state index contributed by atoms with van der Waals surface area (Å²) in [5, 5.41) is 17.2. The maximum absolute atomic E-state index is 13.1. The second-order valence-electron chi connectivity index (χ2n) is 6.97. The van der Waals surface area contributed by atoms with E-state index < -0.39 is 23.3 Å². The number of anilines is 1.